The van der Waals surface area contributed by atoms with Crippen LogP contribution in [-0.4, -0.2) is 29.9 Å². The zero-order valence-corrected chi connectivity index (χ0v) is 10.3. The normalized spacial score (nSPS) is 37.5. The monoisotopic (exact) mass is 227 g/mol. The maximum absolute atomic E-state index is 12.2. The molecule has 0 bridgehead atoms. The Labute approximate surface area is 96.6 Å². The van der Waals surface area contributed by atoms with Crippen molar-refractivity contribution in [2.75, 3.05) is 18.1 Å². The molecule has 1 aliphatic carbocycles. The summed E-state index contributed by atoms with van der Waals surface area (Å²) in [5.74, 6) is 3.75. The number of thioether (sulfide) groups is 1. The minimum Gasteiger partial charge on any atom is -0.306 e. The maximum Gasteiger partial charge on any atom is 0.153 e. The van der Waals surface area contributed by atoms with Crippen LogP contribution in [0.4, 0.5) is 0 Å². The standard InChI is InChI=1S/C12H21NOS/c1-9-3-2-4-10(7-9)12(14)11-8-15-6-5-13-11/h9-11,13H,2-8H2,1H3. The molecule has 1 saturated heterocycles. The van der Waals surface area contributed by atoms with Crippen molar-refractivity contribution in [3.05, 3.63) is 0 Å². The van der Waals surface area contributed by atoms with Crippen molar-refractivity contribution in [1.82, 2.24) is 5.32 Å². The highest BCUT2D eigenvalue weighted by Gasteiger charge is 2.30. The molecule has 0 spiro atoms. The number of Topliss-reactive ketones (excluding diaryl/α,β-unsaturated/α-hetero) is 1. The van der Waals surface area contributed by atoms with E-state index in [1.807, 2.05) is 11.8 Å². The molecule has 3 atom stereocenters. The van der Waals surface area contributed by atoms with Crippen molar-refractivity contribution in [2.24, 2.45) is 11.8 Å². The van der Waals surface area contributed by atoms with E-state index in [1.165, 1.54) is 12.8 Å². The first-order valence-electron chi connectivity index (χ1n) is 6.12. The Morgan fingerprint density at radius 3 is 2.93 bits per heavy atom. The van der Waals surface area contributed by atoms with Gasteiger partial charge in [-0.3, -0.25) is 4.79 Å². The lowest BCUT2D eigenvalue weighted by Gasteiger charge is -2.30. The smallest absolute Gasteiger partial charge is 0.153 e. The van der Waals surface area contributed by atoms with E-state index in [0.29, 0.717) is 11.7 Å². The molecule has 0 aromatic heterocycles. The average Bonchev–Trinajstić information content (AvgIpc) is 2.29. The fraction of sp³-hybridized carbons (Fsp3) is 0.917. The molecule has 15 heavy (non-hydrogen) atoms. The molecule has 1 heterocycles. The van der Waals surface area contributed by atoms with Crippen LogP contribution >= 0.6 is 11.8 Å². The third-order valence-electron chi connectivity index (χ3n) is 3.60. The predicted molar refractivity (Wildman–Crippen MR) is 65.2 cm³/mol. The zero-order valence-electron chi connectivity index (χ0n) is 9.50. The molecule has 1 aliphatic heterocycles. The van der Waals surface area contributed by atoms with Crippen molar-refractivity contribution in [3.63, 3.8) is 0 Å². The third kappa shape index (κ3) is 2.97. The second-order valence-corrected chi connectivity index (χ2v) is 6.10. The van der Waals surface area contributed by atoms with Gasteiger partial charge >= 0.3 is 0 Å². The Bertz CT molecular complexity index is 226. The van der Waals surface area contributed by atoms with Crippen LogP contribution in [0.15, 0.2) is 0 Å². The van der Waals surface area contributed by atoms with Crippen LogP contribution in [0.1, 0.15) is 32.6 Å². The summed E-state index contributed by atoms with van der Waals surface area (Å²) in [4.78, 5) is 12.2. The highest BCUT2D eigenvalue weighted by atomic mass is 32.2. The molecule has 1 N–H and O–H groups in total. The van der Waals surface area contributed by atoms with Gasteiger partial charge < -0.3 is 5.32 Å². The first kappa shape index (κ1) is 11.5. The zero-order chi connectivity index (χ0) is 10.7. The van der Waals surface area contributed by atoms with Gasteiger partial charge in [-0.1, -0.05) is 19.8 Å². The van der Waals surface area contributed by atoms with Crippen molar-refractivity contribution in [1.29, 1.82) is 0 Å². The summed E-state index contributed by atoms with van der Waals surface area (Å²) in [5, 5.41) is 3.36. The van der Waals surface area contributed by atoms with Gasteiger partial charge in [0.1, 0.15) is 0 Å². The highest BCUT2D eigenvalue weighted by molar-refractivity contribution is 7.99. The van der Waals surface area contributed by atoms with Gasteiger partial charge in [0.25, 0.3) is 0 Å². The van der Waals surface area contributed by atoms with E-state index in [9.17, 15) is 4.79 Å². The van der Waals surface area contributed by atoms with E-state index >= 15 is 0 Å². The first-order valence-corrected chi connectivity index (χ1v) is 7.27. The molecule has 0 aromatic carbocycles. The number of nitrogens with one attached hydrogen (secondary N) is 1. The Balaban J connectivity index is 1.88. The number of hydrogen-bond donors (Lipinski definition) is 1. The molecule has 2 rings (SSSR count). The maximum atomic E-state index is 12.2. The minimum atomic E-state index is 0.152. The van der Waals surface area contributed by atoms with Gasteiger partial charge in [-0.05, 0) is 18.8 Å². The van der Waals surface area contributed by atoms with Crippen molar-refractivity contribution in [3.8, 4) is 0 Å². The van der Waals surface area contributed by atoms with Crippen LogP contribution in [0.3, 0.4) is 0 Å². The predicted octanol–water partition coefficient (Wildman–Crippen LogP) is 2.09. The van der Waals surface area contributed by atoms with Crippen LogP contribution < -0.4 is 5.32 Å². The third-order valence-corrected chi connectivity index (χ3v) is 4.67. The lowest BCUT2D eigenvalue weighted by Crippen LogP contribution is -2.46. The first-order chi connectivity index (χ1) is 7.27. The molecule has 1 saturated carbocycles. The summed E-state index contributed by atoms with van der Waals surface area (Å²) in [6.45, 7) is 3.28. The summed E-state index contributed by atoms with van der Waals surface area (Å²) >= 11 is 1.91. The average molecular weight is 227 g/mol. The summed E-state index contributed by atoms with van der Waals surface area (Å²) < 4.78 is 0. The van der Waals surface area contributed by atoms with Crippen LogP contribution in [0, 0.1) is 11.8 Å². The largest absolute Gasteiger partial charge is 0.306 e. The molecule has 3 heteroatoms. The van der Waals surface area contributed by atoms with Gasteiger partial charge in [-0.25, -0.2) is 0 Å². The summed E-state index contributed by atoms with van der Waals surface area (Å²) in [6, 6.07) is 0.152. The molecule has 0 radical (unpaired) electrons. The van der Waals surface area contributed by atoms with Crippen LogP contribution in [-0.2, 0) is 4.79 Å². The SMILES string of the molecule is CC1CCCC(C(=O)C2CSCCN2)C1. The molecule has 86 valence electrons. The second kappa shape index (κ2) is 5.35. The van der Waals surface area contributed by atoms with Crippen molar-refractivity contribution in [2.45, 2.75) is 38.6 Å². The van der Waals surface area contributed by atoms with Crippen molar-refractivity contribution < 1.29 is 4.79 Å². The molecule has 0 amide bonds. The summed E-state index contributed by atoms with van der Waals surface area (Å²) in [7, 11) is 0. The summed E-state index contributed by atoms with van der Waals surface area (Å²) in [5.41, 5.74) is 0. The second-order valence-electron chi connectivity index (χ2n) is 4.95. The van der Waals surface area contributed by atoms with Gasteiger partial charge in [-0.15, -0.1) is 0 Å². The van der Waals surface area contributed by atoms with E-state index in [-0.39, 0.29) is 6.04 Å². The topological polar surface area (TPSA) is 29.1 Å². The van der Waals surface area contributed by atoms with Gasteiger partial charge in [0.05, 0.1) is 6.04 Å². The lowest BCUT2D eigenvalue weighted by molar-refractivity contribution is -0.125. The van der Waals surface area contributed by atoms with Crippen LogP contribution in [0.25, 0.3) is 0 Å². The molecular formula is C12H21NOS. The van der Waals surface area contributed by atoms with Gasteiger partial charge in [0, 0.05) is 24.0 Å². The number of hydrogen-bond acceptors (Lipinski definition) is 3. The van der Waals surface area contributed by atoms with Crippen LogP contribution in [0.2, 0.25) is 0 Å². The number of carbonyl (C=O) groups is 1. The Kier molecular flexibility index (Phi) is 4.09. The van der Waals surface area contributed by atoms with Gasteiger partial charge in [-0.2, -0.15) is 11.8 Å². The highest BCUT2D eigenvalue weighted by Crippen LogP contribution is 2.30. The van der Waals surface area contributed by atoms with E-state index in [0.717, 1.165) is 36.8 Å². The van der Waals surface area contributed by atoms with Gasteiger partial charge in [0.2, 0.25) is 0 Å². The fourth-order valence-corrected chi connectivity index (χ4v) is 3.67. The number of rotatable bonds is 2. The molecule has 2 fully saturated rings. The molecule has 0 aromatic rings. The van der Waals surface area contributed by atoms with E-state index < -0.39 is 0 Å². The van der Waals surface area contributed by atoms with E-state index in [2.05, 4.69) is 12.2 Å². The minimum absolute atomic E-state index is 0.152. The van der Waals surface area contributed by atoms with E-state index in [1.54, 1.807) is 0 Å². The Morgan fingerprint density at radius 2 is 2.27 bits per heavy atom. The van der Waals surface area contributed by atoms with E-state index in [4.69, 9.17) is 0 Å². The molecular weight excluding hydrogens is 206 g/mol. The molecule has 2 nitrogen and oxygen atoms in total. The lowest BCUT2D eigenvalue weighted by atomic mass is 9.79. The van der Waals surface area contributed by atoms with Gasteiger partial charge in [0.15, 0.2) is 5.78 Å². The summed E-state index contributed by atoms with van der Waals surface area (Å²) in [6.07, 6.45) is 4.82. The quantitative estimate of drug-likeness (QED) is 0.783. The Hall–Kier alpha value is -0.0200. The van der Waals surface area contributed by atoms with Crippen LogP contribution in [0.5, 0.6) is 0 Å². The number of ketones is 1. The molecule has 3 unspecified atom stereocenters. The number of carbonyl (C=O) groups excluding carboxylic acids is 1. The fourth-order valence-electron chi connectivity index (χ4n) is 2.73. The Morgan fingerprint density at radius 1 is 1.40 bits per heavy atom. The van der Waals surface area contributed by atoms with Crippen molar-refractivity contribution >= 4 is 17.5 Å². The molecule has 2 aliphatic rings.